The normalized spacial score (nSPS) is 10.9. The monoisotopic (exact) mass is 440 g/mol. The number of phenolic OH excluding ortho intramolecular Hbond substituents is 2. The second kappa shape index (κ2) is 9.02. The number of ether oxygens (including phenoxy) is 1. The maximum Gasteiger partial charge on any atom is 0.239 e. The van der Waals surface area contributed by atoms with E-state index >= 15 is 0 Å². The molecular formula is C25H28O5S. The first-order valence-electron chi connectivity index (χ1n) is 10.1. The van der Waals surface area contributed by atoms with Crippen molar-refractivity contribution >= 4 is 22.3 Å². The van der Waals surface area contributed by atoms with Crippen LogP contribution in [0.3, 0.4) is 0 Å². The van der Waals surface area contributed by atoms with Crippen LogP contribution in [0.1, 0.15) is 44.4 Å². The second-order valence-corrected chi connectivity index (χ2v) is 9.02. The molecule has 6 heteroatoms. The Kier molecular flexibility index (Phi) is 6.60. The zero-order chi connectivity index (χ0) is 22.9. The van der Waals surface area contributed by atoms with Crippen LogP contribution >= 0.6 is 11.3 Å². The first-order chi connectivity index (χ1) is 14.6. The SMILES string of the molecule is COc1c(-c2cc(C)cs2)oc2c(CC=C(C)C)c(O)c(CC=C(C)C)c(O)c2c1=O. The minimum atomic E-state index is -0.459. The van der Waals surface area contributed by atoms with E-state index in [1.165, 1.54) is 18.4 Å². The maximum absolute atomic E-state index is 13.4. The smallest absolute Gasteiger partial charge is 0.239 e. The number of aryl methyl sites for hydroxylation is 1. The Balaban J connectivity index is 2.46. The molecule has 164 valence electrons. The summed E-state index contributed by atoms with van der Waals surface area (Å²) < 4.78 is 11.6. The van der Waals surface area contributed by atoms with Gasteiger partial charge in [-0.3, -0.25) is 4.79 Å². The highest BCUT2D eigenvalue weighted by Gasteiger charge is 2.26. The highest BCUT2D eigenvalue weighted by molar-refractivity contribution is 7.13. The van der Waals surface area contributed by atoms with E-state index < -0.39 is 5.43 Å². The molecule has 0 spiro atoms. The van der Waals surface area contributed by atoms with Gasteiger partial charge in [0.1, 0.15) is 22.5 Å². The van der Waals surface area contributed by atoms with Gasteiger partial charge >= 0.3 is 0 Å². The van der Waals surface area contributed by atoms with Crippen molar-refractivity contribution in [3.8, 4) is 27.9 Å². The van der Waals surface area contributed by atoms with Crippen LogP contribution in [0.25, 0.3) is 21.6 Å². The summed E-state index contributed by atoms with van der Waals surface area (Å²) in [5.41, 5.74) is 3.64. The number of hydrogen-bond acceptors (Lipinski definition) is 6. The molecule has 0 saturated carbocycles. The van der Waals surface area contributed by atoms with Crippen LogP contribution in [-0.2, 0) is 12.8 Å². The third-order valence-electron chi connectivity index (χ3n) is 5.03. The number of methoxy groups -OCH3 is 1. The summed E-state index contributed by atoms with van der Waals surface area (Å²) in [6.45, 7) is 9.75. The van der Waals surface area contributed by atoms with Crippen molar-refractivity contribution in [3.63, 3.8) is 0 Å². The Labute approximate surface area is 185 Å². The standard InChI is InChI=1S/C25H28O5S/c1-13(2)7-9-16-20(26)17(10-8-14(3)4)23-19(21(16)27)22(28)25(29-6)24(30-23)18-11-15(5)12-31-18/h7-8,11-12,26-27H,9-10H2,1-6H3. The molecule has 2 heterocycles. The Morgan fingerprint density at radius 2 is 1.68 bits per heavy atom. The zero-order valence-electron chi connectivity index (χ0n) is 18.8. The highest BCUT2D eigenvalue weighted by atomic mass is 32.1. The van der Waals surface area contributed by atoms with Crippen LogP contribution in [-0.4, -0.2) is 17.3 Å². The molecule has 2 aromatic heterocycles. The average molecular weight is 441 g/mol. The van der Waals surface area contributed by atoms with Crippen molar-refractivity contribution in [2.75, 3.05) is 7.11 Å². The summed E-state index contributed by atoms with van der Waals surface area (Å²) in [4.78, 5) is 14.2. The van der Waals surface area contributed by atoms with Crippen LogP contribution in [0.2, 0.25) is 0 Å². The molecule has 0 aliphatic heterocycles. The van der Waals surface area contributed by atoms with E-state index in [1.807, 2.05) is 58.2 Å². The number of thiophene rings is 1. The van der Waals surface area contributed by atoms with E-state index in [-0.39, 0.29) is 28.2 Å². The average Bonchev–Trinajstić information content (AvgIpc) is 3.12. The molecule has 0 aliphatic rings. The van der Waals surface area contributed by atoms with E-state index in [4.69, 9.17) is 9.15 Å². The number of allylic oxidation sites excluding steroid dienone is 4. The minimum Gasteiger partial charge on any atom is -0.507 e. The third-order valence-corrected chi connectivity index (χ3v) is 6.07. The molecular weight excluding hydrogens is 412 g/mol. The van der Waals surface area contributed by atoms with Crippen molar-refractivity contribution in [2.24, 2.45) is 0 Å². The third kappa shape index (κ3) is 4.39. The van der Waals surface area contributed by atoms with E-state index in [0.29, 0.717) is 29.7 Å². The summed E-state index contributed by atoms with van der Waals surface area (Å²) in [6, 6.07) is 1.91. The fourth-order valence-corrected chi connectivity index (χ4v) is 4.27. The molecule has 0 amide bonds. The number of hydrogen-bond donors (Lipinski definition) is 2. The van der Waals surface area contributed by atoms with Gasteiger partial charge in [-0.05, 0) is 64.5 Å². The lowest BCUT2D eigenvalue weighted by molar-refractivity contribution is 0.396. The molecule has 5 nitrogen and oxygen atoms in total. The molecule has 0 radical (unpaired) electrons. The van der Waals surface area contributed by atoms with Gasteiger partial charge in [-0.1, -0.05) is 23.3 Å². The van der Waals surface area contributed by atoms with Gasteiger partial charge in [-0.2, -0.15) is 0 Å². The molecule has 3 rings (SSSR count). The van der Waals surface area contributed by atoms with Crippen LogP contribution in [0.5, 0.6) is 17.2 Å². The van der Waals surface area contributed by atoms with E-state index in [9.17, 15) is 15.0 Å². The van der Waals surface area contributed by atoms with E-state index in [0.717, 1.165) is 21.6 Å². The molecule has 1 aromatic carbocycles. The minimum absolute atomic E-state index is 0.0287. The Hall–Kier alpha value is -2.99. The lowest BCUT2D eigenvalue weighted by Gasteiger charge is -2.16. The Morgan fingerprint density at radius 1 is 1.06 bits per heavy atom. The molecule has 0 fully saturated rings. The predicted molar refractivity (Wildman–Crippen MR) is 127 cm³/mol. The van der Waals surface area contributed by atoms with Crippen molar-refractivity contribution in [3.05, 3.63) is 61.7 Å². The number of rotatable bonds is 6. The lowest BCUT2D eigenvalue weighted by atomic mass is 9.96. The van der Waals surface area contributed by atoms with Gasteiger partial charge in [0.2, 0.25) is 11.2 Å². The van der Waals surface area contributed by atoms with Crippen LogP contribution < -0.4 is 10.2 Å². The van der Waals surface area contributed by atoms with Crippen molar-refractivity contribution < 1.29 is 19.4 Å². The number of phenols is 2. The van der Waals surface area contributed by atoms with Crippen LogP contribution in [0.15, 0.2) is 44.0 Å². The fourth-order valence-electron chi connectivity index (χ4n) is 3.39. The summed E-state index contributed by atoms with van der Waals surface area (Å²) in [7, 11) is 1.41. The molecule has 0 atom stereocenters. The zero-order valence-corrected chi connectivity index (χ0v) is 19.6. The maximum atomic E-state index is 13.4. The van der Waals surface area contributed by atoms with Crippen molar-refractivity contribution in [1.29, 1.82) is 0 Å². The van der Waals surface area contributed by atoms with Gasteiger partial charge in [0.25, 0.3) is 0 Å². The topological polar surface area (TPSA) is 79.9 Å². The second-order valence-electron chi connectivity index (χ2n) is 8.11. The Morgan fingerprint density at radius 3 is 2.19 bits per heavy atom. The molecule has 0 bridgehead atoms. The van der Waals surface area contributed by atoms with Gasteiger partial charge in [0.15, 0.2) is 5.76 Å². The molecule has 3 aromatic rings. The summed E-state index contributed by atoms with van der Waals surface area (Å²) in [5.74, 6) is 0.0117. The predicted octanol–water partition coefficient (Wildman–Crippen LogP) is 6.27. The molecule has 0 saturated heterocycles. The largest absolute Gasteiger partial charge is 0.507 e. The summed E-state index contributed by atoms with van der Waals surface area (Å²) in [5, 5.41) is 24.0. The van der Waals surface area contributed by atoms with Gasteiger partial charge in [0, 0.05) is 11.1 Å². The molecule has 0 aliphatic carbocycles. The summed E-state index contributed by atoms with van der Waals surface area (Å²) in [6.07, 6.45) is 4.51. The number of benzene rings is 1. The van der Waals surface area contributed by atoms with Crippen molar-refractivity contribution in [1.82, 2.24) is 0 Å². The molecule has 0 unspecified atom stereocenters. The van der Waals surface area contributed by atoms with Crippen LogP contribution in [0.4, 0.5) is 0 Å². The lowest BCUT2D eigenvalue weighted by Crippen LogP contribution is -2.10. The van der Waals surface area contributed by atoms with Gasteiger partial charge in [-0.15, -0.1) is 11.3 Å². The highest BCUT2D eigenvalue weighted by Crippen LogP contribution is 2.43. The quantitative estimate of drug-likeness (QED) is 0.442. The van der Waals surface area contributed by atoms with Gasteiger partial charge in [0.05, 0.1) is 12.0 Å². The van der Waals surface area contributed by atoms with E-state index in [2.05, 4.69) is 0 Å². The fraction of sp³-hybridized carbons (Fsp3) is 0.320. The molecule has 2 N–H and O–H groups in total. The van der Waals surface area contributed by atoms with Crippen LogP contribution in [0, 0.1) is 6.92 Å². The Bertz CT molecular complexity index is 1250. The first kappa shape index (κ1) is 22.7. The van der Waals surface area contributed by atoms with Gasteiger partial charge < -0.3 is 19.4 Å². The number of fused-ring (bicyclic) bond motifs is 1. The number of aromatic hydroxyl groups is 2. The van der Waals surface area contributed by atoms with E-state index in [1.54, 1.807) is 0 Å². The van der Waals surface area contributed by atoms with Gasteiger partial charge in [-0.25, -0.2) is 0 Å². The molecule has 31 heavy (non-hydrogen) atoms. The van der Waals surface area contributed by atoms with Crippen molar-refractivity contribution in [2.45, 2.75) is 47.5 Å². The first-order valence-corrected chi connectivity index (χ1v) is 11.0. The summed E-state index contributed by atoms with van der Waals surface area (Å²) >= 11 is 1.44.